The lowest BCUT2D eigenvalue weighted by molar-refractivity contribution is 0.866. The molecule has 0 amide bonds. The molecule has 0 saturated heterocycles. The third kappa shape index (κ3) is 3.34. The summed E-state index contributed by atoms with van der Waals surface area (Å²) in [7, 11) is 0. The first-order chi connectivity index (χ1) is 6.08. The van der Waals surface area contributed by atoms with Crippen LogP contribution in [0.5, 0.6) is 0 Å². The van der Waals surface area contributed by atoms with Gasteiger partial charge in [0.15, 0.2) is 0 Å². The van der Waals surface area contributed by atoms with Crippen LogP contribution in [-0.2, 0) is 0 Å². The second-order valence-electron chi connectivity index (χ2n) is 3.80. The molecule has 1 aromatic carbocycles. The highest BCUT2D eigenvalue weighted by molar-refractivity contribution is 5.40. The number of rotatable bonds is 0. The van der Waals surface area contributed by atoms with Gasteiger partial charge in [0.2, 0.25) is 0 Å². The molecule has 0 aliphatic rings. The van der Waals surface area contributed by atoms with E-state index in [1.807, 2.05) is 0 Å². The summed E-state index contributed by atoms with van der Waals surface area (Å²) in [5.41, 5.74) is 3.70. The number of benzene rings is 1. The Kier molecular flexibility index (Phi) is 3.14. The molecule has 0 heterocycles. The van der Waals surface area contributed by atoms with Crippen LogP contribution >= 0.6 is 0 Å². The first kappa shape index (κ1) is 9.86. The Morgan fingerprint density at radius 3 is 2.00 bits per heavy atom. The molecule has 0 saturated carbocycles. The molecule has 13 heavy (non-hydrogen) atoms. The van der Waals surface area contributed by atoms with E-state index in [2.05, 4.69) is 57.7 Å². The minimum absolute atomic E-state index is 0.445. The number of aryl methyl sites for hydroxylation is 2. The zero-order chi connectivity index (χ0) is 9.84. The lowest BCUT2D eigenvalue weighted by atomic mass is 10.1. The Bertz CT molecular complexity index is 328. The molecular formula is C13H16. The molecular weight excluding hydrogens is 156 g/mol. The summed E-state index contributed by atoms with van der Waals surface area (Å²) < 4.78 is 0. The van der Waals surface area contributed by atoms with Crippen LogP contribution in [0.25, 0.3) is 0 Å². The van der Waals surface area contributed by atoms with Gasteiger partial charge in [-0.15, -0.1) is 0 Å². The Labute approximate surface area is 81.0 Å². The minimum atomic E-state index is 0.445. The van der Waals surface area contributed by atoms with Gasteiger partial charge in [0.1, 0.15) is 0 Å². The van der Waals surface area contributed by atoms with Crippen molar-refractivity contribution in [3.63, 3.8) is 0 Å². The average molecular weight is 172 g/mol. The fraction of sp³-hybridized carbons (Fsp3) is 0.385. The third-order valence-corrected chi connectivity index (χ3v) is 1.73. The zero-order valence-corrected chi connectivity index (χ0v) is 8.81. The highest BCUT2D eigenvalue weighted by atomic mass is 14.0. The second kappa shape index (κ2) is 4.14. The Balaban J connectivity index is 2.98. The summed E-state index contributed by atoms with van der Waals surface area (Å²) in [6.45, 7) is 8.42. The Hall–Kier alpha value is -1.22. The summed E-state index contributed by atoms with van der Waals surface area (Å²) in [5, 5.41) is 0. The first-order valence-corrected chi connectivity index (χ1v) is 4.68. The van der Waals surface area contributed by atoms with Gasteiger partial charge in [0.25, 0.3) is 0 Å². The molecule has 1 aromatic rings. The highest BCUT2D eigenvalue weighted by Gasteiger charge is 1.91. The second-order valence-corrected chi connectivity index (χ2v) is 3.80. The van der Waals surface area contributed by atoms with Crippen molar-refractivity contribution in [2.24, 2.45) is 5.92 Å². The maximum absolute atomic E-state index is 3.18. The average Bonchev–Trinajstić information content (AvgIpc) is 1.99. The molecule has 0 spiro atoms. The van der Waals surface area contributed by atoms with E-state index in [1.54, 1.807) is 0 Å². The monoisotopic (exact) mass is 172 g/mol. The molecule has 0 unspecified atom stereocenters. The first-order valence-electron chi connectivity index (χ1n) is 4.68. The van der Waals surface area contributed by atoms with Crippen molar-refractivity contribution >= 4 is 0 Å². The van der Waals surface area contributed by atoms with Gasteiger partial charge >= 0.3 is 0 Å². The predicted molar refractivity (Wildman–Crippen MR) is 57.6 cm³/mol. The minimum Gasteiger partial charge on any atom is -0.0951 e. The molecule has 1 rings (SSSR count). The fourth-order valence-electron chi connectivity index (χ4n) is 1.27. The molecule has 0 atom stereocenters. The van der Waals surface area contributed by atoms with Crippen LogP contribution in [0.2, 0.25) is 0 Å². The van der Waals surface area contributed by atoms with Crippen molar-refractivity contribution in [2.75, 3.05) is 0 Å². The van der Waals surface area contributed by atoms with Crippen molar-refractivity contribution in [2.45, 2.75) is 27.7 Å². The van der Waals surface area contributed by atoms with Gasteiger partial charge < -0.3 is 0 Å². The van der Waals surface area contributed by atoms with E-state index < -0.39 is 0 Å². The van der Waals surface area contributed by atoms with E-state index in [9.17, 15) is 0 Å². The maximum atomic E-state index is 3.18. The van der Waals surface area contributed by atoms with E-state index in [-0.39, 0.29) is 0 Å². The molecule has 0 aliphatic heterocycles. The van der Waals surface area contributed by atoms with E-state index in [0.717, 1.165) is 5.56 Å². The van der Waals surface area contributed by atoms with Gasteiger partial charge in [-0.3, -0.25) is 0 Å². The van der Waals surface area contributed by atoms with Crippen LogP contribution in [0.3, 0.4) is 0 Å². The van der Waals surface area contributed by atoms with Crippen LogP contribution in [0, 0.1) is 31.6 Å². The summed E-state index contributed by atoms with van der Waals surface area (Å²) in [4.78, 5) is 0. The SMILES string of the molecule is Cc1cc(C)cc(C#CC(C)C)c1. The molecule has 0 fully saturated rings. The standard InChI is InChI=1S/C13H16/c1-10(2)5-6-13-8-11(3)7-12(4)9-13/h7-10H,1-4H3. The summed E-state index contributed by atoms with van der Waals surface area (Å²) in [5.74, 6) is 6.79. The molecule has 68 valence electrons. The fourth-order valence-corrected chi connectivity index (χ4v) is 1.27. The molecule has 0 nitrogen and oxygen atoms in total. The van der Waals surface area contributed by atoms with Crippen LogP contribution in [0.1, 0.15) is 30.5 Å². The molecule has 0 aliphatic carbocycles. The molecule has 0 heteroatoms. The maximum Gasteiger partial charge on any atom is 0.0250 e. The lowest BCUT2D eigenvalue weighted by Gasteiger charge is -1.97. The van der Waals surface area contributed by atoms with Gasteiger partial charge in [0, 0.05) is 11.5 Å². The van der Waals surface area contributed by atoms with Crippen LogP contribution in [-0.4, -0.2) is 0 Å². The van der Waals surface area contributed by atoms with E-state index in [1.165, 1.54) is 11.1 Å². The largest absolute Gasteiger partial charge is 0.0951 e. The zero-order valence-electron chi connectivity index (χ0n) is 8.81. The molecule has 0 N–H and O–H groups in total. The third-order valence-electron chi connectivity index (χ3n) is 1.73. The van der Waals surface area contributed by atoms with Gasteiger partial charge in [0.05, 0.1) is 0 Å². The topological polar surface area (TPSA) is 0 Å². The summed E-state index contributed by atoms with van der Waals surface area (Å²) in [6.07, 6.45) is 0. The van der Waals surface area contributed by atoms with Gasteiger partial charge in [-0.05, 0) is 37.1 Å². The van der Waals surface area contributed by atoms with E-state index in [0.29, 0.717) is 5.92 Å². The lowest BCUT2D eigenvalue weighted by Crippen LogP contribution is -1.83. The predicted octanol–water partition coefficient (Wildman–Crippen LogP) is 3.31. The quantitative estimate of drug-likeness (QED) is 0.527. The van der Waals surface area contributed by atoms with Gasteiger partial charge in [-0.2, -0.15) is 0 Å². The smallest absolute Gasteiger partial charge is 0.0250 e. The van der Waals surface area contributed by atoms with Crippen molar-refractivity contribution < 1.29 is 0 Å². The molecule has 0 aromatic heterocycles. The van der Waals surface area contributed by atoms with Crippen molar-refractivity contribution in [3.05, 3.63) is 34.9 Å². The summed E-state index contributed by atoms with van der Waals surface area (Å²) >= 11 is 0. The highest BCUT2D eigenvalue weighted by Crippen LogP contribution is 2.07. The van der Waals surface area contributed by atoms with Crippen LogP contribution in [0.4, 0.5) is 0 Å². The summed E-state index contributed by atoms with van der Waals surface area (Å²) in [6, 6.07) is 6.42. The van der Waals surface area contributed by atoms with Crippen LogP contribution in [0.15, 0.2) is 18.2 Å². The van der Waals surface area contributed by atoms with Gasteiger partial charge in [-0.25, -0.2) is 0 Å². The molecule has 0 radical (unpaired) electrons. The van der Waals surface area contributed by atoms with E-state index in [4.69, 9.17) is 0 Å². The Morgan fingerprint density at radius 2 is 1.54 bits per heavy atom. The van der Waals surface area contributed by atoms with Crippen LogP contribution < -0.4 is 0 Å². The van der Waals surface area contributed by atoms with Gasteiger partial charge in [-0.1, -0.05) is 31.8 Å². The number of hydrogen-bond donors (Lipinski definition) is 0. The van der Waals surface area contributed by atoms with Crippen molar-refractivity contribution in [3.8, 4) is 11.8 Å². The normalized spacial score (nSPS) is 9.62. The Morgan fingerprint density at radius 1 is 1.00 bits per heavy atom. The van der Waals surface area contributed by atoms with E-state index >= 15 is 0 Å². The van der Waals surface area contributed by atoms with Crippen molar-refractivity contribution in [1.29, 1.82) is 0 Å². The number of hydrogen-bond acceptors (Lipinski definition) is 0. The molecule has 0 bridgehead atoms. The van der Waals surface area contributed by atoms with Crippen molar-refractivity contribution in [1.82, 2.24) is 0 Å².